The van der Waals surface area contributed by atoms with Crippen molar-refractivity contribution in [2.75, 3.05) is 38.1 Å². The Kier molecular flexibility index (Phi) is 11.7. The molecule has 2 amide bonds. The van der Waals surface area contributed by atoms with Gasteiger partial charge >= 0.3 is 6.09 Å². The third-order valence-corrected chi connectivity index (χ3v) is 7.88. The minimum absolute atomic E-state index is 0.0374. The van der Waals surface area contributed by atoms with Crippen molar-refractivity contribution < 1.29 is 19.1 Å². The van der Waals surface area contributed by atoms with Crippen LogP contribution < -0.4 is 5.32 Å². The summed E-state index contributed by atoms with van der Waals surface area (Å²) < 4.78 is 5.13. The van der Waals surface area contributed by atoms with Crippen LogP contribution >= 0.6 is 0 Å². The van der Waals surface area contributed by atoms with Gasteiger partial charge in [0.15, 0.2) is 0 Å². The van der Waals surface area contributed by atoms with Crippen LogP contribution in [0.15, 0.2) is 54.1 Å². The van der Waals surface area contributed by atoms with Crippen LogP contribution in [0.5, 0.6) is 0 Å². The van der Waals surface area contributed by atoms with Gasteiger partial charge in [-0.2, -0.15) is 0 Å². The number of nitrogens with zero attached hydrogens (tertiary/aromatic N) is 2. The number of hydrogen-bond acceptors (Lipinski definition) is 5. The Morgan fingerprint density at radius 1 is 1.10 bits per heavy atom. The zero-order chi connectivity index (χ0) is 30.0. The highest BCUT2D eigenvalue weighted by atomic mass is 16.6. The summed E-state index contributed by atoms with van der Waals surface area (Å²) in [6.07, 6.45) is 2.98. The summed E-state index contributed by atoms with van der Waals surface area (Å²) in [5, 5.41) is 3.04. The van der Waals surface area contributed by atoms with Crippen molar-refractivity contribution in [3.8, 4) is 0 Å². The Hall–Kier alpha value is -3.41. The highest BCUT2D eigenvalue weighted by Crippen LogP contribution is 2.26. The summed E-state index contributed by atoms with van der Waals surface area (Å²) in [4.78, 5) is 41.1. The Balaban J connectivity index is 1.61. The zero-order valence-electron chi connectivity index (χ0n) is 25.7. The fraction of sp³-hybridized carbons (Fsp3) is 0.529. The molecule has 0 spiro atoms. The maximum absolute atomic E-state index is 12.9. The van der Waals surface area contributed by atoms with Gasteiger partial charge in [-0.1, -0.05) is 52.0 Å². The first kappa shape index (κ1) is 32.1. The Morgan fingerprint density at radius 2 is 1.78 bits per heavy atom. The monoisotopic (exact) mass is 561 g/mol. The summed E-state index contributed by atoms with van der Waals surface area (Å²) in [5.74, 6) is 2.25. The molecule has 3 rings (SSSR count). The molecule has 7 nitrogen and oxygen atoms in total. The number of amides is 2. The third-order valence-electron chi connectivity index (χ3n) is 7.88. The lowest BCUT2D eigenvalue weighted by Gasteiger charge is -2.34. The van der Waals surface area contributed by atoms with Crippen LogP contribution in [0.2, 0.25) is 0 Å². The second kappa shape index (κ2) is 15.0. The molecular formula is C34H47N3O4. The van der Waals surface area contributed by atoms with E-state index < -0.39 is 0 Å². The number of carbonyl (C=O) groups excluding carboxylic acids is 3. The van der Waals surface area contributed by atoms with Crippen molar-refractivity contribution in [2.24, 2.45) is 5.92 Å². The first-order valence-electron chi connectivity index (χ1n) is 15.0. The van der Waals surface area contributed by atoms with E-state index >= 15 is 0 Å². The van der Waals surface area contributed by atoms with Gasteiger partial charge in [0.1, 0.15) is 5.94 Å². The van der Waals surface area contributed by atoms with Gasteiger partial charge in [-0.15, -0.1) is 0 Å². The summed E-state index contributed by atoms with van der Waals surface area (Å²) in [5.41, 5.74) is 4.54. The standard InChI is InChI=1S/C34H47N3O4/c1-7-18-37(23-29(24-38)27-16-19-36(20-17-27)33(40)41-8-2)25(3)21-26-10-9-11-31(22-26)35-32(39)28-12-14-30(15-13-28)34(4,5)6/h9-15,22,25,27H,7-8,16-21,23H2,1-6H3,(H,35,39). The van der Waals surface area contributed by atoms with E-state index in [2.05, 4.69) is 56.8 Å². The van der Waals surface area contributed by atoms with Gasteiger partial charge in [0.05, 0.1) is 6.61 Å². The molecule has 1 fully saturated rings. The van der Waals surface area contributed by atoms with Crippen LogP contribution in [0.1, 0.15) is 82.3 Å². The van der Waals surface area contributed by atoms with E-state index in [9.17, 15) is 14.4 Å². The van der Waals surface area contributed by atoms with Crippen molar-refractivity contribution in [2.45, 2.75) is 78.7 Å². The van der Waals surface area contributed by atoms with E-state index in [1.807, 2.05) is 42.5 Å². The van der Waals surface area contributed by atoms with Crippen LogP contribution in [0.4, 0.5) is 10.5 Å². The van der Waals surface area contributed by atoms with E-state index in [1.54, 1.807) is 11.8 Å². The molecule has 2 aromatic carbocycles. The number of carbonyl (C=O) groups is 2. The maximum Gasteiger partial charge on any atom is 0.409 e. The van der Waals surface area contributed by atoms with Crippen LogP contribution in [0.3, 0.4) is 0 Å². The first-order chi connectivity index (χ1) is 19.5. The molecule has 2 aromatic rings. The van der Waals surface area contributed by atoms with E-state index in [1.165, 1.54) is 5.56 Å². The molecule has 0 aliphatic carbocycles. The molecule has 0 saturated carbocycles. The minimum atomic E-state index is -0.277. The van der Waals surface area contributed by atoms with Gasteiger partial charge in [0, 0.05) is 42.5 Å². The number of anilines is 1. The molecule has 1 atom stereocenters. The number of benzene rings is 2. The smallest absolute Gasteiger partial charge is 0.409 e. The Labute approximate surface area is 245 Å². The average Bonchev–Trinajstić information content (AvgIpc) is 2.95. The lowest BCUT2D eigenvalue weighted by Crippen LogP contribution is -2.42. The number of ether oxygens (including phenoxy) is 1. The number of rotatable bonds is 11. The maximum atomic E-state index is 12.9. The molecule has 41 heavy (non-hydrogen) atoms. The number of piperidine rings is 1. The fourth-order valence-corrected chi connectivity index (χ4v) is 5.40. The van der Waals surface area contributed by atoms with Gasteiger partial charge in [0.25, 0.3) is 5.91 Å². The fourth-order valence-electron chi connectivity index (χ4n) is 5.40. The topological polar surface area (TPSA) is 79.0 Å². The van der Waals surface area contributed by atoms with Crippen molar-refractivity contribution in [1.82, 2.24) is 9.80 Å². The second-order valence-corrected chi connectivity index (χ2v) is 12.1. The number of hydrogen-bond donors (Lipinski definition) is 1. The predicted octanol–water partition coefficient (Wildman–Crippen LogP) is 6.51. The predicted molar refractivity (Wildman–Crippen MR) is 165 cm³/mol. The van der Waals surface area contributed by atoms with E-state index in [-0.39, 0.29) is 29.4 Å². The van der Waals surface area contributed by atoms with Gasteiger partial charge in [-0.3, -0.25) is 9.69 Å². The highest BCUT2D eigenvalue weighted by molar-refractivity contribution is 6.04. The molecular weight excluding hydrogens is 514 g/mol. The van der Waals surface area contributed by atoms with Gasteiger partial charge in [-0.25, -0.2) is 9.59 Å². The molecule has 7 heteroatoms. The molecule has 1 N–H and O–H groups in total. The summed E-state index contributed by atoms with van der Waals surface area (Å²) in [6, 6.07) is 16.0. The van der Waals surface area contributed by atoms with Crippen molar-refractivity contribution in [3.05, 3.63) is 70.8 Å². The largest absolute Gasteiger partial charge is 0.450 e. The SMILES string of the molecule is CCCN(CC(=C=O)C1CCN(C(=O)OCC)CC1)C(C)Cc1cccc(NC(=O)c2ccc(C(C)(C)C)cc2)c1. The molecule has 1 aliphatic heterocycles. The molecule has 1 saturated heterocycles. The van der Waals surface area contributed by atoms with Crippen LogP contribution in [0.25, 0.3) is 0 Å². The average molecular weight is 562 g/mol. The van der Waals surface area contributed by atoms with E-state index in [0.29, 0.717) is 31.8 Å². The zero-order valence-corrected chi connectivity index (χ0v) is 25.7. The lowest BCUT2D eigenvalue weighted by molar-refractivity contribution is 0.0936. The molecule has 1 aliphatic rings. The number of nitrogens with one attached hydrogen (secondary N) is 1. The quantitative estimate of drug-likeness (QED) is 0.317. The molecule has 0 radical (unpaired) electrons. The van der Waals surface area contributed by atoms with Gasteiger partial charge in [0.2, 0.25) is 0 Å². The highest BCUT2D eigenvalue weighted by Gasteiger charge is 2.28. The summed E-state index contributed by atoms with van der Waals surface area (Å²) >= 11 is 0. The van der Waals surface area contributed by atoms with E-state index in [4.69, 9.17) is 4.74 Å². The van der Waals surface area contributed by atoms with Crippen molar-refractivity contribution in [1.29, 1.82) is 0 Å². The molecule has 222 valence electrons. The Bertz CT molecular complexity index is 1200. The van der Waals surface area contributed by atoms with Crippen LogP contribution in [0, 0.1) is 5.92 Å². The lowest BCUT2D eigenvalue weighted by atomic mass is 9.87. The molecule has 0 bridgehead atoms. The third kappa shape index (κ3) is 9.31. The molecule has 0 aromatic heterocycles. The Morgan fingerprint density at radius 3 is 2.37 bits per heavy atom. The van der Waals surface area contributed by atoms with Gasteiger partial charge < -0.3 is 15.0 Å². The second-order valence-electron chi connectivity index (χ2n) is 12.1. The molecule has 1 heterocycles. The first-order valence-corrected chi connectivity index (χ1v) is 15.0. The minimum Gasteiger partial charge on any atom is -0.450 e. The summed E-state index contributed by atoms with van der Waals surface area (Å²) in [6.45, 7) is 15.6. The van der Waals surface area contributed by atoms with Crippen LogP contribution in [-0.2, 0) is 21.4 Å². The number of likely N-dealkylation sites (tertiary alicyclic amines) is 1. The van der Waals surface area contributed by atoms with E-state index in [0.717, 1.165) is 49.1 Å². The van der Waals surface area contributed by atoms with Gasteiger partial charge in [-0.05, 0) is 92.8 Å². The van der Waals surface area contributed by atoms with Crippen molar-refractivity contribution in [3.63, 3.8) is 0 Å². The summed E-state index contributed by atoms with van der Waals surface area (Å²) in [7, 11) is 0. The normalized spacial score (nSPS) is 14.9. The van der Waals surface area contributed by atoms with Crippen molar-refractivity contribution >= 4 is 23.6 Å². The molecule has 1 unspecified atom stereocenters. The van der Waals surface area contributed by atoms with Crippen LogP contribution in [-0.4, -0.2) is 66.6 Å².